The Balaban J connectivity index is 1.77. The standard InChI is InChI=1S/C16H15ClN2S/c1-11-10-15(13-4-2-3-5-14(13)19-11)18-9-8-12-6-7-16(17)20-12/h2-7,10H,8-9H2,1H3,(H,18,19). The number of fused-ring (bicyclic) bond motifs is 1. The molecule has 0 fully saturated rings. The van der Waals surface area contributed by atoms with E-state index in [-0.39, 0.29) is 0 Å². The second-order valence-electron chi connectivity index (χ2n) is 4.71. The zero-order valence-electron chi connectivity index (χ0n) is 11.2. The summed E-state index contributed by atoms with van der Waals surface area (Å²) in [5, 5.41) is 4.68. The van der Waals surface area contributed by atoms with Crippen molar-refractivity contribution >= 4 is 39.5 Å². The summed E-state index contributed by atoms with van der Waals surface area (Å²) in [6.45, 7) is 2.92. The lowest BCUT2D eigenvalue weighted by Gasteiger charge is -2.10. The van der Waals surface area contributed by atoms with Crippen LogP contribution in [0.25, 0.3) is 10.9 Å². The van der Waals surface area contributed by atoms with Crippen molar-refractivity contribution in [1.82, 2.24) is 4.98 Å². The quantitative estimate of drug-likeness (QED) is 0.740. The third kappa shape index (κ3) is 2.94. The summed E-state index contributed by atoms with van der Waals surface area (Å²) in [6.07, 6.45) is 0.979. The maximum Gasteiger partial charge on any atom is 0.0931 e. The summed E-state index contributed by atoms with van der Waals surface area (Å²) >= 11 is 7.59. The average Bonchev–Trinajstić information content (AvgIpc) is 2.84. The highest BCUT2D eigenvalue weighted by Crippen LogP contribution is 2.24. The van der Waals surface area contributed by atoms with E-state index in [0.717, 1.165) is 34.2 Å². The van der Waals surface area contributed by atoms with Crippen LogP contribution in [-0.2, 0) is 6.42 Å². The number of benzene rings is 1. The van der Waals surface area contributed by atoms with Crippen LogP contribution in [0.15, 0.2) is 42.5 Å². The molecule has 0 aliphatic rings. The fraction of sp³-hybridized carbons (Fsp3) is 0.188. The number of halogens is 1. The van der Waals surface area contributed by atoms with Crippen molar-refractivity contribution in [2.75, 3.05) is 11.9 Å². The van der Waals surface area contributed by atoms with E-state index >= 15 is 0 Å². The summed E-state index contributed by atoms with van der Waals surface area (Å²) < 4.78 is 0.852. The van der Waals surface area contributed by atoms with Gasteiger partial charge < -0.3 is 5.32 Å². The van der Waals surface area contributed by atoms with E-state index in [1.165, 1.54) is 10.3 Å². The number of aromatic nitrogens is 1. The second kappa shape index (κ2) is 5.81. The van der Waals surface area contributed by atoms with E-state index in [1.54, 1.807) is 11.3 Å². The molecule has 2 nitrogen and oxygen atoms in total. The molecule has 1 N–H and O–H groups in total. The molecular formula is C16H15ClN2S. The van der Waals surface area contributed by atoms with Gasteiger partial charge in [-0.3, -0.25) is 4.98 Å². The second-order valence-corrected chi connectivity index (χ2v) is 6.51. The minimum atomic E-state index is 0.852. The molecule has 0 atom stereocenters. The van der Waals surface area contributed by atoms with Crippen molar-refractivity contribution in [3.05, 3.63) is 57.4 Å². The van der Waals surface area contributed by atoms with Gasteiger partial charge in [0.25, 0.3) is 0 Å². The van der Waals surface area contributed by atoms with Crippen molar-refractivity contribution < 1.29 is 0 Å². The molecule has 0 spiro atoms. The number of hydrogen-bond acceptors (Lipinski definition) is 3. The zero-order valence-corrected chi connectivity index (χ0v) is 12.8. The van der Waals surface area contributed by atoms with Crippen LogP contribution in [0.5, 0.6) is 0 Å². The SMILES string of the molecule is Cc1cc(NCCc2ccc(Cl)s2)c2ccccc2n1. The predicted molar refractivity (Wildman–Crippen MR) is 88.0 cm³/mol. The molecule has 4 heteroatoms. The van der Waals surface area contributed by atoms with Crippen molar-refractivity contribution in [2.24, 2.45) is 0 Å². The lowest BCUT2D eigenvalue weighted by molar-refractivity contribution is 1.04. The smallest absolute Gasteiger partial charge is 0.0931 e. The van der Waals surface area contributed by atoms with Crippen molar-refractivity contribution in [2.45, 2.75) is 13.3 Å². The summed E-state index contributed by atoms with van der Waals surface area (Å²) in [7, 11) is 0. The van der Waals surface area contributed by atoms with E-state index in [9.17, 15) is 0 Å². The molecule has 0 saturated heterocycles. The number of nitrogens with one attached hydrogen (secondary N) is 1. The Bertz CT molecular complexity index is 736. The summed E-state index contributed by atoms with van der Waals surface area (Å²) in [6, 6.07) is 14.4. The molecule has 0 saturated carbocycles. The van der Waals surface area contributed by atoms with E-state index in [4.69, 9.17) is 11.6 Å². The molecule has 0 amide bonds. The minimum absolute atomic E-state index is 0.852. The highest BCUT2D eigenvalue weighted by molar-refractivity contribution is 7.16. The van der Waals surface area contributed by atoms with Gasteiger partial charge in [-0.05, 0) is 37.6 Å². The normalized spacial score (nSPS) is 10.9. The number of nitrogens with zero attached hydrogens (tertiary/aromatic N) is 1. The van der Waals surface area contributed by atoms with Gasteiger partial charge in [0.05, 0.1) is 9.85 Å². The Labute approximate surface area is 127 Å². The Morgan fingerprint density at radius 1 is 1.20 bits per heavy atom. The fourth-order valence-electron chi connectivity index (χ4n) is 2.26. The van der Waals surface area contributed by atoms with Gasteiger partial charge in [0.15, 0.2) is 0 Å². The van der Waals surface area contributed by atoms with Crippen LogP contribution in [0.1, 0.15) is 10.6 Å². The van der Waals surface area contributed by atoms with Crippen LogP contribution >= 0.6 is 22.9 Å². The number of aryl methyl sites for hydroxylation is 1. The molecule has 0 aliphatic carbocycles. The predicted octanol–water partition coefficient (Wildman–Crippen LogP) is 4.91. The van der Waals surface area contributed by atoms with Crippen LogP contribution in [0.4, 0.5) is 5.69 Å². The van der Waals surface area contributed by atoms with Crippen molar-refractivity contribution in [3.8, 4) is 0 Å². The van der Waals surface area contributed by atoms with Gasteiger partial charge in [0.2, 0.25) is 0 Å². The van der Waals surface area contributed by atoms with Gasteiger partial charge >= 0.3 is 0 Å². The van der Waals surface area contributed by atoms with Gasteiger partial charge in [0.1, 0.15) is 0 Å². The number of anilines is 1. The number of hydrogen-bond donors (Lipinski definition) is 1. The molecule has 0 bridgehead atoms. The largest absolute Gasteiger partial charge is 0.384 e. The first-order valence-electron chi connectivity index (χ1n) is 6.57. The van der Waals surface area contributed by atoms with Crippen LogP contribution in [-0.4, -0.2) is 11.5 Å². The maximum absolute atomic E-state index is 5.95. The molecule has 2 heterocycles. The molecule has 0 radical (unpaired) electrons. The average molecular weight is 303 g/mol. The Hall–Kier alpha value is -1.58. The first-order chi connectivity index (χ1) is 9.72. The van der Waals surface area contributed by atoms with Crippen LogP contribution in [0.2, 0.25) is 4.34 Å². The van der Waals surface area contributed by atoms with E-state index in [2.05, 4.69) is 28.5 Å². The monoisotopic (exact) mass is 302 g/mol. The lowest BCUT2D eigenvalue weighted by atomic mass is 10.1. The summed E-state index contributed by atoms with van der Waals surface area (Å²) in [5.41, 5.74) is 3.22. The number of para-hydroxylation sites is 1. The molecular weight excluding hydrogens is 288 g/mol. The fourth-order valence-corrected chi connectivity index (χ4v) is 3.35. The lowest BCUT2D eigenvalue weighted by Crippen LogP contribution is -2.05. The number of rotatable bonds is 4. The third-order valence-corrected chi connectivity index (χ3v) is 4.45. The minimum Gasteiger partial charge on any atom is -0.384 e. The van der Waals surface area contributed by atoms with Gasteiger partial charge in [0, 0.05) is 28.2 Å². The first kappa shape index (κ1) is 13.4. The highest BCUT2D eigenvalue weighted by Gasteiger charge is 2.03. The Morgan fingerprint density at radius 3 is 2.85 bits per heavy atom. The first-order valence-corrected chi connectivity index (χ1v) is 7.76. The van der Waals surface area contributed by atoms with Crippen molar-refractivity contribution in [1.29, 1.82) is 0 Å². The highest BCUT2D eigenvalue weighted by atomic mass is 35.5. The number of pyridine rings is 1. The summed E-state index contributed by atoms with van der Waals surface area (Å²) in [5.74, 6) is 0. The Morgan fingerprint density at radius 2 is 2.05 bits per heavy atom. The van der Waals surface area contributed by atoms with Crippen molar-refractivity contribution in [3.63, 3.8) is 0 Å². The van der Waals surface area contributed by atoms with Crippen LogP contribution in [0.3, 0.4) is 0 Å². The maximum atomic E-state index is 5.95. The Kier molecular flexibility index (Phi) is 3.90. The molecule has 2 aromatic heterocycles. The molecule has 3 rings (SSSR count). The molecule has 102 valence electrons. The van der Waals surface area contributed by atoms with E-state index in [0.29, 0.717) is 0 Å². The van der Waals surface area contributed by atoms with Gasteiger partial charge in [-0.15, -0.1) is 11.3 Å². The van der Waals surface area contributed by atoms with Gasteiger partial charge in [-0.25, -0.2) is 0 Å². The van der Waals surface area contributed by atoms with Gasteiger partial charge in [-0.2, -0.15) is 0 Å². The molecule has 1 aromatic carbocycles. The summed E-state index contributed by atoms with van der Waals surface area (Å²) in [4.78, 5) is 5.85. The third-order valence-electron chi connectivity index (χ3n) is 3.16. The topological polar surface area (TPSA) is 24.9 Å². The van der Waals surface area contributed by atoms with Crippen LogP contribution < -0.4 is 5.32 Å². The molecule has 3 aromatic rings. The van der Waals surface area contributed by atoms with E-state index in [1.807, 2.05) is 31.2 Å². The van der Waals surface area contributed by atoms with Crippen LogP contribution in [0, 0.1) is 6.92 Å². The number of thiophene rings is 1. The van der Waals surface area contributed by atoms with Gasteiger partial charge in [-0.1, -0.05) is 29.8 Å². The molecule has 20 heavy (non-hydrogen) atoms. The molecule has 0 aliphatic heterocycles. The van der Waals surface area contributed by atoms with E-state index < -0.39 is 0 Å². The molecule has 0 unspecified atom stereocenters. The zero-order chi connectivity index (χ0) is 13.9.